The largest absolute Gasteiger partial charge is 0.398 e. The fraction of sp³-hybridized carbons (Fsp3) is 0.462. The molecule has 0 heterocycles. The fourth-order valence-corrected chi connectivity index (χ4v) is 3.14. The van der Waals surface area contributed by atoms with Crippen LogP contribution in [0, 0.1) is 0 Å². The highest BCUT2D eigenvalue weighted by atomic mass is 35.5. The van der Waals surface area contributed by atoms with Gasteiger partial charge in [0.25, 0.3) is 0 Å². The van der Waals surface area contributed by atoms with Gasteiger partial charge in [0.05, 0.1) is 21.5 Å². The molecule has 0 aliphatic carbocycles. The number of halogens is 1. The summed E-state index contributed by atoms with van der Waals surface area (Å²) in [5.41, 5.74) is 6.05. The Kier molecular flexibility index (Phi) is 5.82. The van der Waals surface area contributed by atoms with Gasteiger partial charge in [-0.05, 0) is 39.0 Å². The summed E-state index contributed by atoms with van der Waals surface area (Å²) in [6, 6.07) is 4.80. The van der Waals surface area contributed by atoms with Gasteiger partial charge in [0.15, 0.2) is 0 Å². The molecule has 0 saturated heterocycles. The molecule has 0 fully saturated rings. The molecule has 106 valence electrons. The predicted octanol–water partition coefficient (Wildman–Crippen LogP) is 2.29. The molecular weight excluding hydrogens is 284 g/mol. The van der Waals surface area contributed by atoms with Gasteiger partial charge in [-0.1, -0.05) is 11.6 Å². The van der Waals surface area contributed by atoms with Gasteiger partial charge in [-0.2, -0.15) is 0 Å². The molecule has 0 bridgehead atoms. The Hall–Kier alpha value is -1.07. The minimum atomic E-state index is -1.43. The van der Waals surface area contributed by atoms with Crippen molar-refractivity contribution in [3.8, 4) is 0 Å². The van der Waals surface area contributed by atoms with Gasteiger partial charge in [-0.15, -0.1) is 0 Å². The Morgan fingerprint density at radius 2 is 2.00 bits per heavy atom. The van der Waals surface area contributed by atoms with Crippen LogP contribution in [0.2, 0.25) is 5.02 Å². The summed E-state index contributed by atoms with van der Waals surface area (Å²) in [4.78, 5) is 14.3. The van der Waals surface area contributed by atoms with Crippen molar-refractivity contribution in [3.63, 3.8) is 0 Å². The molecule has 1 aromatic carbocycles. The number of nitrogens with zero attached hydrogens (tertiary/aromatic N) is 1. The predicted molar refractivity (Wildman–Crippen MR) is 79.7 cm³/mol. The molecule has 1 rings (SSSR count). The van der Waals surface area contributed by atoms with E-state index in [0.717, 1.165) is 0 Å². The molecule has 2 N–H and O–H groups in total. The number of hydrogen-bond donors (Lipinski definition) is 1. The Balaban J connectivity index is 2.93. The first-order chi connectivity index (χ1) is 8.92. The van der Waals surface area contributed by atoms with E-state index in [9.17, 15) is 9.00 Å². The number of rotatable bonds is 5. The summed E-state index contributed by atoms with van der Waals surface area (Å²) >= 11 is 5.90. The third kappa shape index (κ3) is 3.70. The number of hydrogen-bond acceptors (Lipinski definition) is 3. The van der Waals surface area contributed by atoms with Crippen LogP contribution in [-0.4, -0.2) is 33.4 Å². The number of amides is 1. The highest BCUT2D eigenvalue weighted by molar-refractivity contribution is 7.86. The lowest BCUT2D eigenvalue weighted by atomic mass is 10.3. The quantitative estimate of drug-likeness (QED) is 0.849. The van der Waals surface area contributed by atoms with Crippen LogP contribution in [0.1, 0.15) is 20.8 Å². The molecule has 0 spiro atoms. The van der Waals surface area contributed by atoms with Crippen LogP contribution in [0.15, 0.2) is 23.1 Å². The lowest BCUT2D eigenvalue weighted by molar-refractivity contribution is -0.129. The van der Waals surface area contributed by atoms with Crippen LogP contribution in [0.3, 0.4) is 0 Å². The Morgan fingerprint density at radius 1 is 1.42 bits per heavy atom. The van der Waals surface area contributed by atoms with Crippen LogP contribution in [0.25, 0.3) is 0 Å². The monoisotopic (exact) mass is 302 g/mol. The summed E-state index contributed by atoms with van der Waals surface area (Å²) in [6.07, 6.45) is 0. The minimum Gasteiger partial charge on any atom is -0.398 e. The van der Waals surface area contributed by atoms with Crippen LogP contribution >= 0.6 is 11.6 Å². The minimum absolute atomic E-state index is 0.115. The highest BCUT2D eigenvalue weighted by Gasteiger charge is 2.25. The first kappa shape index (κ1) is 16.0. The Labute approximate surface area is 121 Å². The van der Waals surface area contributed by atoms with Gasteiger partial charge in [-0.3, -0.25) is 9.00 Å². The summed E-state index contributed by atoms with van der Waals surface area (Å²) < 4.78 is 12.4. The molecule has 0 radical (unpaired) electrons. The van der Waals surface area contributed by atoms with Crippen molar-refractivity contribution in [3.05, 3.63) is 23.2 Å². The van der Waals surface area contributed by atoms with E-state index in [1.54, 1.807) is 30.0 Å². The second-order valence-corrected chi connectivity index (χ2v) is 6.31. The maximum absolute atomic E-state index is 12.4. The van der Waals surface area contributed by atoms with E-state index < -0.39 is 16.0 Å². The molecule has 4 nitrogen and oxygen atoms in total. The smallest absolute Gasteiger partial charge is 0.238 e. The first-order valence-corrected chi connectivity index (χ1v) is 7.75. The average Bonchev–Trinajstić information content (AvgIpc) is 2.41. The number of nitrogens with two attached hydrogens (primary N) is 1. The topological polar surface area (TPSA) is 63.4 Å². The van der Waals surface area contributed by atoms with E-state index in [1.807, 2.05) is 13.8 Å². The van der Waals surface area contributed by atoms with E-state index in [-0.39, 0.29) is 5.91 Å². The molecule has 6 heteroatoms. The Morgan fingerprint density at radius 3 is 2.47 bits per heavy atom. The summed E-state index contributed by atoms with van der Waals surface area (Å²) in [5.74, 6) is -0.115. The van der Waals surface area contributed by atoms with Crippen molar-refractivity contribution in [1.29, 1.82) is 0 Å². The van der Waals surface area contributed by atoms with Crippen LogP contribution in [0.4, 0.5) is 5.69 Å². The highest BCUT2D eigenvalue weighted by Crippen LogP contribution is 2.23. The molecular formula is C13H19ClN2O2S. The van der Waals surface area contributed by atoms with E-state index in [0.29, 0.717) is 28.7 Å². The van der Waals surface area contributed by atoms with Gasteiger partial charge >= 0.3 is 0 Å². The first-order valence-electron chi connectivity index (χ1n) is 6.16. The third-order valence-electron chi connectivity index (χ3n) is 2.95. The second-order valence-electron chi connectivity index (χ2n) is 4.13. The lowest BCUT2D eigenvalue weighted by Crippen LogP contribution is -2.39. The van der Waals surface area contributed by atoms with E-state index >= 15 is 0 Å². The van der Waals surface area contributed by atoms with Crippen LogP contribution in [-0.2, 0) is 15.6 Å². The molecule has 2 unspecified atom stereocenters. The maximum atomic E-state index is 12.4. The summed E-state index contributed by atoms with van der Waals surface area (Å²) in [5, 5.41) is -0.243. The normalized spacial score (nSPS) is 13.9. The molecule has 19 heavy (non-hydrogen) atoms. The number of carbonyl (C=O) groups is 1. The zero-order chi connectivity index (χ0) is 14.6. The van der Waals surface area contributed by atoms with Crippen LogP contribution in [0.5, 0.6) is 0 Å². The number of anilines is 1. The van der Waals surface area contributed by atoms with Gasteiger partial charge in [-0.25, -0.2) is 0 Å². The molecule has 1 aromatic rings. The van der Waals surface area contributed by atoms with E-state index in [1.165, 1.54) is 0 Å². The van der Waals surface area contributed by atoms with Crippen LogP contribution < -0.4 is 5.73 Å². The van der Waals surface area contributed by atoms with Crippen molar-refractivity contribution >= 4 is 34.0 Å². The van der Waals surface area contributed by atoms with Gasteiger partial charge < -0.3 is 10.6 Å². The van der Waals surface area contributed by atoms with E-state index in [4.69, 9.17) is 17.3 Å². The van der Waals surface area contributed by atoms with Gasteiger partial charge in [0, 0.05) is 18.0 Å². The SMILES string of the molecule is CCN(CC)C(=O)C(C)S(=O)c1ccc(N)c(Cl)c1. The van der Waals surface area contributed by atoms with Crippen molar-refractivity contribution < 1.29 is 9.00 Å². The maximum Gasteiger partial charge on any atom is 0.238 e. The second kappa shape index (κ2) is 6.91. The molecule has 2 atom stereocenters. The van der Waals surface area contributed by atoms with Crippen molar-refractivity contribution in [2.75, 3.05) is 18.8 Å². The van der Waals surface area contributed by atoms with Crippen molar-refractivity contribution in [2.24, 2.45) is 0 Å². The average molecular weight is 303 g/mol. The number of carbonyl (C=O) groups excluding carboxylic acids is 1. The standard InChI is InChI=1S/C13H19ClN2O2S/c1-4-16(5-2)13(17)9(3)19(18)10-6-7-12(15)11(14)8-10/h6-9H,4-5,15H2,1-3H3. The molecule has 0 aliphatic rings. The van der Waals surface area contributed by atoms with E-state index in [2.05, 4.69) is 0 Å². The molecule has 0 aromatic heterocycles. The summed E-state index contributed by atoms with van der Waals surface area (Å²) in [6.45, 7) is 6.69. The van der Waals surface area contributed by atoms with Crippen molar-refractivity contribution in [2.45, 2.75) is 30.9 Å². The van der Waals surface area contributed by atoms with Gasteiger partial charge in [0.2, 0.25) is 5.91 Å². The Bertz CT molecular complexity index is 490. The zero-order valence-electron chi connectivity index (χ0n) is 11.4. The lowest BCUT2D eigenvalue weighted by Gasteiger charge is -2.22. The van der Waals surface area contributed by atoms with Crippen molar-refractivity contribution in [1.82, 2.24) is 4.90 Å². The fourth-order valence-electron chi connectivity index (χ4n) is 1.72. The molecule has 0 saturated carbocycles. The number of nitrogen functional groups attached to an aromatic ring is 1. The molecule has 1 amide bonds. The third-order valence-corrected chi connectivity index (χ3v) is 4.84. The zero-order valence-corrected chi connectivity index (χ0v) is 12.9. The summed E-state index contributed by atoms with van der Waals surface area (Å²) in [7, 11) is -1.43. The number of benzene rings is 1. The van der Waals surface area contributed by atoms with Gasteiger partial charge in [0.1, 0.15) is 5.25 Å². The molecule has 0 aliphatic heterocycles.